The average molecular weight is 226 g/mol. The summed E-state index contributed by atoms with van der Waals surface area (Å²) in [7, 11) is 0. The molecule has 0 aromatic heterocycles. The molecule has 0 bridgehead atoms. The lowest BCUT2D eigenvalue weighted by Crippen LogP contribution is -2.46. The Labute approximate surface area is 99.2 Å². The van der Waals surface area contributed by atoms with Crippen LogP contribution in [0.25, 0.3) is 0 Å². The number of rotatable bonds is 5. The number of nitrogens with zero attached hydrogens (tertiary/aromatic N) is 1. The minimum atomic E-state index is -0.211. The Morgan fingerprint density at radius 3 is 2.56 bits per heavy atom. The number of piperidine rings is 1. The smallest absolute Gasteiger partial charge is 0.0664 e. The molecule has 3 nitrogen and oxygen atoms in total. The molecule has 94 valence electrons. The molecule has 2 rings (SSSR count). The van der Waals surface area contributed by atoms with Crippen LogP contribution in [0.3, 0.4) is 0 Å². The third-order valence-electron chi connectivity index (χ3n) is 4.11. The van der Waals surface area contributed by atoms with Crippen LogP contribution in [0, 0.1) is 5.92 Å². The van der Waals surface area contributed by atoms with Gasteiger partial charge in [-0.15, -0.1) is 0 Å². The maximum absolute atomic E-state index is 9.74. The van der Waals surface area contributed by atoms with E-state index in [-0.39, 0.29) is 6.10 Å². The van der Waals surface area contributed by atoms with E-state index in [0.717, 1.165) is 18.5 Å². The molecule has 1 aliphatic carbocycles. The fourth-order valence-electron chi connectivity index (χ4n) is 2.71. The maximum atomic E-state index is 9.74. The van der Waals surface area contributed by atoms with Gasteiger partial charge in [0, 0.05) is 18.6 Å². The predicted octanol–water partition coefficient (Wildman–Crippen LogP) is 1.22. The Morgan fingerprint density at radius 2 is 2.06 bits per heavy atom. The zero-order valence-electron chi connectivity index (χ0n) is 10.7. The molecule has 1 heterocycles. The Morgan fingerprint density at radius 1 is 1.31 bits per heavy atom. The molecule has 2 aliphatic rings. The van der Waals surface area contributed by atoms with Crippen LogP contribution in [0.4, 0.5) is 0 Å². The second-order valence-electron chi connectivity index (χ2n) is 5.62. The van der Waals surface area contributed by atoms with Crippen molar-refractivity contribution in [2.45, 2.75) is 57.7 Å². The van der Waals surface area contributed by atoms with E-state index >= 15 is 0 Å². The van der Waals surface area contributed by atoms with E-state index in [4.69, 9.17) is 0 Å². The molecule has 0 spiro atoms. The number of aliphatic hydroxyl groups is 1. The van der Waals surface area contributed by atoms with E-state index < -0.39 is 0 Å². The molecule has 3 heteroatoms. The first-order valence-electron chi connectivity index (χ1n) is 6.83. The predicted molar refractivity (Wildman–Crippen MR) is 66.5 cm³/mol. The van der Waals surface area contributed by atoms with Crippen molar-refractivity contribution in [1.29, 1.82) is 0 Å². The Kier molecular flexibility index (Phi) is 4.22. The molecule has 3 atom stereocenters. The third kappa shape index (κ3) is 3.19. The van der Waals surface area contributed by atoms with E-state index in [0.29, 0.717) is 6.04 Å². The fraction of sp³-hybridized carbons (Fsp3) is 1.00. The van der Waals surface area contributed by atoms with Crippen molar-refractivity contribution in [2.75, 3.05) is 19.6 Å². The van der Waals surface area contributed by atoms with Gasteiger partial charge < -0.3 is 10.4 Å². The van der Waals surface area contributed by atoms with E-state index in [2.05, 4.69) is 17.1 Å². The molecule has 1 saturated heterocycles. The quantitative estimate of drug-likeness (QED) is 0.740. The maximum Gasteiger partial charge on any atom is 0.0664 e. The average Bonchev–Trinajstić information content (AvgIpc) is 3.10. The van der Waals surface area contributed by atoms with Crippen LogP contribution < -0.4 is 5.32 Å². The second kappa shape index (κ2) is 5.48. The molecule has 3 unspecified atom stereocenters. The van der Waals surface area contributed by atoms with Crippen LogP contribution in [0.1, 0.15) is 39.5 Å². The van der Waals surface area contributed by atoms with Gasteiger partial charge in [-0.05, 0) is 58.5 Å². The molecular weight excluding hydrogens is 200 g/mol. The number of hydrogen-bond acceptors (Lipinski definition) is 3. The summed E-state index contributed by atoms with van der Waals surface area (Å²) in [4.78, 5) is 2.54. The van der Waals surface area contributed by atoms with Crippen LogP contribution in [-0.2, 0) is 0 Å². The summed E-state index contributed by atoms with van der Waals surface area (Å²) < 4.78 is 0. The molecule has 2 N–H and O–H groups in total. The topological polar surface area (TPSA) is 35.5 Å². The van der Waals surface area contributed by atoms with Gasteiger partial charge in [-0.1, -0.05) is 0 Å². The lowest BCUT2D eigenvalue weighted by Gasteiger charge is -2.35. The van der Waals surface area contributed by atoms with Crippen LogP contribution in [0.5, 0.6) is 0 Å². The van der Waals surface area contributed by atoms with Gasteiger partial charge in [0.2, 0.25) is 0 Å². The normalized spacial score (nSPS) is 30.4. The Hall–Kier alpha value is -0.120. The highest BCUT2D eigenvalue weighted by Crippen LogP contribution is 2.31. The van der Waals surface area contributed by atoms with Crippen molar-refractivity contribution in [1.82, 2.24) is 10.2 Å². The first kappa shape index (κ1) is 12.3. The van der Waals surface area contributed by atoms with E-state index in [1.165, 1.54) is 38.8 Å². The lowest BCUT2D eigenvalue weighted by molar-refractivity contribution is 0.0522. The van der Waals surface area contributed by atoms with Crippen LogP contribution in [-0.4, -0.2) is 47.8 Å². The van der Waals surface area contributed by atoms with Gasteiger partial charge in [-0.25, -0.2) is 0 Å². The summed E-state index contributed by atoms with van der Waals surface area (Å²) in [6.07, 6.45) is 5.11. The molecule has 1 aliphatic heterocycles. The molecule has 0 aromatic carbocycles. The van der Waals surface area contributed by atoms with Crippen molar-refractivity contribution in [3.05, 3.63) is 0 Å². The van der Waals surface area contributed by atoms with Gasteiger partial charge >= 0.3 is 0 Å². The van der Waals surface area contributed by atoms with E-state index in [9.17, 15) is 5.11 Å². The fourth-order valence-corrected chi connectivity index (χ4v) is 2.71. The van der Waals surface area contributed by atoms with Crippen LogP contribution >= 0.6 is 0 Å². The zero-order valence-corrected chi connectivity index (χ0v) is 10.7. The minimum absolute atomic E-state index is 0.211. The van der Waals surface area contributed by atoms with Gasteiger partial charge in [0.15, 0.2) is 0 Å². The standard InChI is InChI=1S/C13H26N2O/c1-10(11(2)16)15(13-5-6-13)9-12-4-3-7-14-8-12/h10-14,16H,3-9H2,1-2H3. The number of hydrogen-bond donors (Lipinski definition) is 2. The summed E-state index contributed by atoms with van der Waals surface area (Å²) >= 11 is 0. The van der Waals surface area contributed by atoms with Crippen molar-refractivity contribution < 1.29 is 5.11 Å². The highest BCUT2D eigenvalue weighted by Gasteiger charge is 2.35. The van der Waals surface area contributed by atoms with Crippen molar-refractivity contribution in [3.8, 4) is 0 Å². The summed E-state index contributed by atoms with van der Waals surface area (Å²) in [5.41, 5.74) is 0. The summed E-state index contributed by atoms with van der Waals surface area (Å²) in [6, 6.07) is 1.07. The molecule has 16 heavy (non-hydrogen) atoms. The Balaban J connectivity index is 1.86. The first-order valence-corrected chi connectivity index (χ1v) is 6.83. The van der Waals surface area contributed by atoms with Gasteiger partial charge in [-0.3, -0.25) is 4.90 Å². The largest absolute Gasteiger partial charge is 0.392 e. The molecular formula is C13H26N2O. The van der Waals surface area contributed by atoms with Gasteiger partial charge in [0.1, 0.15) is 0 Å². The molecule has 0 amide bonds. The molecule has 0 aromatic rings. The lowest BCUT2D eigenvalue weighted by atomic mass is 9.98. The Bertz CT molecular complexity index is 210. The monoisotopic (exact) mass is 226 g/mol. The van der Waals surface area contributed by atoms with Crippen molar-refractivity contribution >= 4 is 0 Å². The van der Waals surface area contributed by atoms with Crippen LogP contribution in [0.2, 0.25) is 0 Å². The highest BCUT2D eigenvalue weighted by molar-refractivity contribution is 4.90. The van der Waals surface area contributed by atoms with Crippen molar-refractivity contribution in [3.63, 3.8) is 0 Å². The summed E-state index contributed by atoms with van der Waals surface area (Å²) in [6.45, 7) is 7.60. The van der Waals surface area contributed by atoms with Gasteiger partial charge in [0.25, 0.3) is 0 Å². The molecule has 1 saturated carbocycles. The molecule has 0 radical (unpaired) electrons. The second-order valence-corrected chi connectivity index (χ2v) is 5.62. The van der Waals surface area contributed by atoms with E-state index in [1.54, 1.807) is 0 Å². The van der Waals surface area contributed by atoms with Gasteiger partial charge in [0.05, 0.1) is 6.10 Å². The van der Waals surface area contributed by atoms with E-state index in [1.807, 2.05) is 6.92 Å². The number of aliphatic hydroxyl groups excluding tert-OH is 1. The summed E-state index contributed by atoms with van der Waals surface area (Å²) in [5, 5.41) is 13.2. The highest BCUT2D eigenvalue weighted by atomic mass is 16.3. The van der Waals surface area contributed by atoms with Crippen LogP contribution in [0.15, 0.2) is 0 Å². The number of nitrogens with one attached hydrogen (secondary N) is 1. The SMILES string of the molecule is CC(O)C(C)N(CC1CCCNC1)C1CC1. The molecule has 2 fully saturated rings. The van der Waals surface area contributed by atoms with Gasteiger partial charge in [-0.2, -0.15) is 0 Å². The first-order chi connectivity index (χ1) is 7.68. The minimum Gasteiger partial charge on any atom is -0.392 e. The summed E-state index contributed by atoms with van der Waals surface area (Å²) in [5.74, 6) is 0.788. The third-order valence-corrected chi connectivity index (χ3v) is 4.11. The van der Waals surface area contributed by atoms with Crippen molar-refractivity contribution in [2.24, 2.45) is 5.92 Å². The zero-order chi connectivity index (χ0) is 11.5.